The van der Waals surface area contributed by atoms with Gasteiger partial charge in [-0.15, -0.1) is 0 Å². The standard InChI is InChI=1S/C13H24O3/c1-8(2)6-9(3)7-10(4)12(14)11(5)13(15)16/h7-9,11-12,14H,6H2,1-5H3,(H,15,16)/b10-7+/t9-,11?,12?/m1/s1. The minimum Gasteiger partial charge on any atom is -0.481 e. The summed E-state index contributed by atoms with van der Waals surface area (Å²) in [7, 11) is 0. The van der Waals surface area contributed by atoms with Gasteiger partial charge in [-0.25, -0.2) is 0 Å². The van der Waals surface area contributed by atoms with Crippen molar-refractivity contribution in [2.45, 2.75) is 47.1 Å². The highest BCUT2D eigenvalue weighted by atomic mass is 16.4. The van der Waals surface area contributed by atoms with Crippen LogP contribution in [-0.4, -0.2) is 22.3 Å². The van der Waals surface area contributed by atoms with Crippen molar-refractivity contribution in [3.63, 3.8) is 0 Å². The van der Waals surface area contributed by atoms with Gasteiger partial charge in [0.05, 0.1) is 12.0 Å². The van der Waals surface area contributed by atoms with Crippen molar-refractivity contribution in [2.24, 2.45) is 17.8 Å². The number of hydrogen-bond donors (Lipinski definition) is 2. The molecular weight excluding hydrogens is 204 g/mol. The van der Waals surface area contributed by atoms with Crippen LogP contribution in [0.5, 0.6) is 0 Å². The molecule has 0 radical (unpaired) electrons. The number of rotatable bonds is 6. The molecule has 0 heterocycles. The molecule has 2 unspecified atom stereocenters. The third kappa shape index (κ3) is 5.31. The van der Waals surface area contributed by atoms with E-state index in [1.807, 2.05) is 6.08 Å². The van der Waals surface area contributed by atoms with Crippen molar-refractivity contribution in [3.05, 3.63) is 11.6 Å². The fraction of sp³-hybridized carbons (Fsp3) is 0.769. The summed E-state index contributed by atoms with van der Waals surface area (Å²) in [5.41, 5.74) is 0.753. The maximum atomic E-state index is 10.7. The number of allylic oxidation sites excluding steroid dienone is 1. The Morgan fingerprint density at radius 3 is 2.12 bits per heavy atom. The molecule has 0 rings (SSSR count). The molecule has 16 heavy (non-hydrogen) atoms. The first kappa shape index (κ1) is 15.2. The largest absolute Gasteiger partial charge is 0.481 e. The molecule has 0 saturated carbocycles. The number of carboxylic acids is 1. The highest BCUT2D eigenvalue weighted by Gasteiger charge is 2.22. The van der Waals surface area contributed by atoms with E-state index in [0.29, 0.717) is 11.8 Å². The summed E-state index contributed by atoms with van der Waals surface area (Å²) in [5.74, 6) is -0.733. The molecule has 3 nitrogen and oxygen atoms in total. The van der Waals surface area contributed by atoms with Crippen LogP contribution in [0.3, 0.4) is 0 Å². The lowest BCUT2D eigenvalue weighted by Crippen LogP contribution is -2.26. The van der Waals surface area contributed by atoms with Crippen LogP contribution in [0, 0.1) is 17.8 Å². The van der Waals surface area contributed by atoms with Crippen LogP contribution in [0.1, 0.15) is 41.0 Å². The van der Waals surface area contributed by atoms with Crippen LogP contribution in [0.4, 0.5) is 0 Å². The zero-order valence-electron chi connectivity index (χ0n) is 10.9. The zero-order chi connectivity index (χ0) is 12.9. The molecule has 0 amide bonds. The van der Waals surface area contributed by atoms with Crippen molar-refractivity contribution in [1.82, 2.24) is 0 Å². The van der Waals surface area contributed by atoms with Crippen LogP contribution in [0.15, 0.2) is 11.6 Å². The van der Waals surface area contributed by atoms with E-state index in [1.165, 1.54) is 6.92 Å². The van der Waals surface area contributed by atoms with Crippen molar-refractivity contribution < 1.29 is 15.0 Å². The Bertz CT molecular complexity index is 256. The Hall–Kier alpha value is -0.830. The Kier molecular flexibility index (Phi) is 6.34. The second-order valence-corrected chi connectivity index (χ2v) is 5.09. The second-order valence-electron chi connectivity index (χ2n) is 5.09. The van der Waals surface area contributed by atoms with Gasteiger partial charge in [0.15, 0.2) is 0 Å². The molecule has 94 valence electrons. The Morgan fingerprint density at radius 2 is 1.75 bits per heavy atom. The molecule has 0 aliphatic heterocycles. The Morgan fingerprint density at radius 1 is 1.25 bits per heavy atom. The molecule has 0 aromatic carbocycles. The SMILES string of the molecule is C/C(=C\[C@H](C)CC(C)C)C(O)C(C)C(=O)O. The number of carboxylic acid groups (broad SMARTS) is 1. The lowest BCUT2D eigenvalue weighted by Gasteiger charge is -2.18. The van der Waals surface area contributed by atoms with Gasteiger partial charge in [0.2, 0.25) is 0 Å². The summed E-state index contributed by atoms with van der Waals surface area (Å²) in [5, 5.41) is 18.6. The molecule has 2 N–H and O–H groups in total. The van der Waals surface area contributed by atoms with E-state index in [2.05, 4.69) is 20.8 Å². The molecule has 0 saturated heterocycles. The summed E-state index contributed by atoms with van der Waals surface area (Å²) in [6.07, 6.45) is 2.14. The number of aliphatic hydroxyl groups excluding tert-OH is 1. The summed E-state index contributed by atoms with van der Waals surface area (Å²) < 4.78 is 0. The Balaban J connectivity index is 4.47. The minimum atomic E-state index is -0.961. The van der Waals surface area contributed by atoms with E-state index >= 15 is 0 Å². The van der Waals surface area contributed by atoms with E-state index in [0.717, 1.165) is 12.0 Å². The average Bonchev–Trinajstić information content (AvgIpc) is 2.13. The van der Waals surface area contributed by atoms with E-state index < -0.39 is 18.0 Å². The number of aliphatic hydroxyl groups is 1. The maximum Gasteiger partial charge on any atom is 0.309 e. The van der Waals surface area contributed by atoms with Crippen LogP contribution in [0.25, 0.3) is 0 Å². The summed E-state index contributed by atoms with van der Waals surface area (Å²) in [4.78, 5) is 10.7. The first-order chi connectivity index (χ1) is 7.25. The van der Waals surface area contributed by atoms with Gasteiger partial charge in [0.1, 0.15) is 0 Å². The molecule has 0 aromatic rings. The van der Waals surface area contributed by atoms with Gasteiger partial charge in [-0.2, -0.15) is 0 Å². The third-order valence-electron chi connectivity index (χ3n) is 2.72. The van der Waals surface area contributed by atoms with E-state index in [1.54, 1.807) is 6.92 Å². The smallest absolute Gasteiger partial charge is 0.309 e. The van der Waals surface area contributed by atoms with Crippen LogP contribution < -0.4 is 0 Å². The van der Waals surface area contributed by atoms with Crippen molar-refractivity contribution in [2.75, 3.05) is 0 Å². The van der Waals surface area contributed by atoms with Gasteiger partial charge in [-0.3, -0.25) is 4.79 Å². The first-order valence-electron chi connectivity index (χ1n) is 5.84. The number of carbonyl (C=O) groups is 1. The molecule has 0 fully saturated rings. The van der Waals surface area contributed by atoms with Gasteiger partial charge in [0, 0.05) is 0 Å². The predicted molar refractivity (Wildman–Crippen MR) is 65.2 cm³/mol. The van der Waals surface area contributed by atoms with Crippen molar-refractivity contribution >= 4 is 5.97 Å². The molecule has 0 bridgehead atoms. The first-order valence-corrected chi connectivity index (χ1v) is 5.84. The quantitative estimate of drug-likeness (QED) is 0.687. The van der Waals surface area contributed by atoms with Gasteiger partial charge in [-0.05, 0) is 37.7 Å². The van der Waals surface area contributed by atoms with Gasteiger partial charge in [0.25, 0.3) is 0 Å². The second kappa shape index (κ2) is 6.69. The number of aliphatic carboxylic acids is 1. The van der Waals surface area contributed by atoms with Gasteiger partial charge in [-0.1, -0.05) is 26.8 Å². The van der Waals surface area contributed by atoms with E-state index in [9.17, 15) is 9.90 Å². The van der Waals surface area contributed by atoms with Gasteiger partial charge < -0.3 is 10.2 Å². The maximum absolute atomic E-state index is 10.7. The molecule has 3 heteroatoms. The lowest BCUT2D eigenvalue weighted by atomic mass is 9.92. The monoisotopic (exact) mass is 228 g/mol. The highest BCUT2D eigenvalue weighted by molar-refractivity contribution is 5.70. The fourth-order valence-corrected chi connectivity index (χ4v) is 1.89. The minimum absolute atomic E-state index is 0.371. The summed E-state index contributed by atoms with van der Waals surface area (Å²) in [6.45, 7) is 9.70. The average molecular weight is 228 g/mol. The molecule has 0 aliphatic rings. The highest BCUT2D eigenvalue weighted by Crippen LogP contribution is 2.18. The van der Waals surface area contributed by atoms with Crippen LogP contribution in [-0.2, 0) is 4.79 Å². The van der Waals surface area contributed by atoms with Crippen molar-refractivity contribution in [1.29, 1.82) is 0 Å². The lowest BCUT2D eigenvalue weighted by molar-refractivity contribution is -0.143. The molecule has 0 aromatic heterocycles. The summed E-state index contributed by atoms with van der Waals surface area (Å²) in [6, 6.07) is 0. The van der Waals surface area contributed by atoms with E-state index in [-0.39, 0.29) is 0 Å². The Labute approximate surface area is 98.2 Å². The predicted octanol–water partition coefficient (Wildman–Crippen LogP) is 2.70. The normalized spacial score (nSPS) is 18.3. The molecule has 3 atom stereocenters. The van der Waals surface area contributed by atoms with Gasteiger partial charge >= 0.3 is 5.97 Å². The molecule has 0 aliphatic carbocycles. The van der Waals surface area contributed by atoms with E-state index in [4.69, 9.17) is 5.11 Å². The topological polar surface area (TPSA) is 57.5 Å². The van der Waals surface area contributed by atoms with Crippen LogP contribution in [0.2, 0.25) is 0 Å². The molecule has 0 spiro atoms. The summed E-state index contributed by atoms with van der Waals surface area (Å²) >= 11 is 0. The zero-order valence-corrected chi connectivity index (χ0v) is 10.9. The van der Waals surface area contributed by atoms with Crippen molar-refractivity contribution in [3.8, 4) is 0 Å². The third-order valence-corrected chi connectivity index (χ3v) is 2.72. The van der Waals surface area contributed by atoms with Crippen LogP contribution >= 0.6 is 0 Å². The molecular formula is C13H24O3. The number of hydrogen-bond acceptors (Lipinski definition) is 2. The fourth-order valence-electron chi connectivity index (χ4n) is 1.89.